The van der Waals surface area contributed by atoms with Crippen LogP contribution in [-0.2, 0) is 29.9 Å². The Morgan fingerprint density at radius 2 is 1.36 bits per heavy atom. The molecule has 0 fully saturated rings. The van der Waals surface area contributed by atoms with Crippen molar-refractivity contribution in [3.8, 4) is 11.5 Å². The number of halogens is 1. The number of hydrogen-bond donors (Lipinski definition) is 0. The first kappa shape index (κ1) is 38.5. The van der Waals surface area contributed by atoms with Gasteiger partial charge < -0.3 is 9.47 Å². The number of benzene rings is 3. The van der Waals surface area contributed by atoms with Crippen LogP contribution in [0.1, 0.15) is 83.2 Å². The van der Waals surface area contributed by atoms with E-state index in [0.717, 1.165) is 11.1 Å². The van der Waals surface area contributed by atoms with Crippen molar-refractivity contribution in [1.29, 1.82) is 0 Å². The molecule has 0 radical (unpaired) electrons. The Morgan fingerprint density at radius 3 is 1.87 bits per heavy atom. The SMILES string of the molecule is Cc1cc(C)c(S(=O)(=O)N=C(O[C@@H](C#C[Si](C(C)C)(C(C)C)C(C)C)C(=O)OC(C)(C)c2ccccc2)c2ccccc2I)c(C)c1. The second-order valence-electron chi connectivity index (χ2n) is 13.5. The molecule has 47 heavy (non-hydrogen) atoms. The third-order valence-corrected chi connectivity index (χ3v) is 17.5. The van der Waals surface area contributed by atoms with Gasteiger partial charge in [-0.15, -0.1) is 9.94 Å². The van der Waals surface area contributed by atoms with Gasteiger partial charge in [0.25, 0.3) is 16.1 Å². The third kappa shape index (κ3) is 8.95. The van der Waals surface area contributed by atoms with Gasteiger partial charge in [0.1, 0.15) is 13.7 Å². The van der Waals surface area contributed by atoms with E-state index in [2.05, 4.69) is 80.0 Å². The topological polar surface area (TPSA) is 82.0 Å². The van der Waals surface area contributed by atoms with Crippen LogP contribution in [0.25, 0.3) is 0 Å². The molecule has 0 amide bonds. The van der Waals surface area contributed by atoms with E-state index in [1.165, 1.54) is 0 Å². The highest BCUT2D eigenvalue weighted by atomic mass is 127. The minimum atomic E-state index is -4.27. The summed E-state index contributed by atoms with van der Waals surface area (Å²) in [5.74, 6) is 2.26. The molecule has 0 saturated heterocycles. The van der Waals surface area contributed by atoms with Crippen LogP contribution >= 0.6 is 22.6 Å². The molecule has 0 bridgehead atoms. The number of esters is 1. The van der Waals surface area contributed by atoms with Crippen LogP contribution in [0.4, 0.5) is 0 Å². The second kappa shape index (κ2) is 15.5. The molecule has 0 unspecified atom stereocenters. The Hall–Kier alpha value is -2.94. The van der Waals surface area contributed by atoms with E-state index in [0.29, 0.717) is 36.9 Å². The summed E-state index contributed by atoms with van der Waals surface area (Å²) in [7, 11) is -6.60. The molecular weight excluding hydrogens is 737 g/mol. The highest BCUT2D eigenvalue weighted by Gasteiger charge is 2.42. The van der Waals surface area contributed by atoms with Crippen molar-refractivity contribution in [2.24, 2.45) is 4.40 Å². The Balaban J connectivity index is 2.28. The fourth-order valence-corrected chi connectivity index (χ4v) is 13.8. The summed E-state index contributed by atoms with van der Waals surface area (Å²) < 4.78 is 45.5. The van der Waals surface area contributed by atoms with Crippen LogP contribution in [0.5, 0.6) is 0 Å². The summed E-state index contributed by atoms with van der Waals surface area (Å²) >= 11 is 2.11. The average Bonchev–Trinajstić information content (AvgIpc) is 2.95. The van der Waals surface area contributed by atoms with Crippen molar-refractivity contribution in [3.63, 3.8) is 0 Å². The molecule has 0 N–H and O–H groups in total. The van der Waals surface area contributed by atoms with E-state index in [9.17, 15) is 13.2 Å². The first-order valence-corrected chi connectivity index (χ1v) is 20.7. The zero-order valence-electron chi connectivity index (χ0n) is 29.4. The Labute approximate surface area is 297 Å². The molecule has 0 aliphatic heterocycles. The van der Waals surface area contributed by atoms with Gasteiger partial charge in [-0.2, -0.15) is 8.42 Å². The zero-order valence-corrected chi connectivity index (χ0v) is 33.4. The van der Waals surface area contributed by atoms with Crippen molar-refractivity contribution in [1.82, 2.24) is 0 Å². The van der Waals surface area contributed by atoms with Crippen molar-refractivity contribution in [2.45, 2.75) is 109 Å². The maximum atomic E-state index is 14.2. The number of carbonyl (C=O) groups excluding carboxylic acids is 1. The van der Waals surface area contributed by atoms with Crippen molar-refractivity contribution < 1.29 is 22.7 Å². The molecule has 0 aliphatic carbocycles. The van der Waals surface area contributed by atoms with Gasteiger partial charge in [-0.1, -0.05) is 108 Å². The van der Waals surface area contributed by atoms with E-state index in [4.69, 9.17) is 9.47 Å². The van der Waals surface area contributed by atoms with Gasteiger partial charge in [0.15, 0.2) is 0 Å². The first-order valence-electron chi connectivity index (χ1n) is 16.0. The molecular formula is C38H48INO5SSi. The molecule has 1 atom stereocenters. The van der Waals surface area contributed by atoms with E-state index in [1.807, 2.05) is 75.4 Å². The van der Waals surface area contributed by atoms with Gasteiger partial charge in [0.05, 0.1) is 10.5 Å². The summed E-state index contributed by atoms with van der Waals surface area (Å²) in [5.41, 5.74) is 6.80. The van der Waals surface area contributed by atoms with Gasteiger partial charge in [-0.3, -0.25) is 0 Å². The maximum absolute atomic E-state index is 14.2. The fourth-order valence-electron chi connectivity index (χ4n) is 6.57. The lowest BCUT2D eigenvalue weighted by atomic mass is 9.98. The van der Waals surface area contributed by atoms with Gasteiger partial charge in [-0.05, 0) is 103 Å². The molecule has 6 nitrogen and oxygen atoms in total. The molecule has 3 aromatic carbocycles. The first-order chi connectivity index (χ1) is 21.8. The molecule has 9 heteroatoms. The van der Waals surface area contributed by atoms with Crippen LogP contribution in [0.2, 0.25) is 16.6 Å². The summed E-state index contributed by atoms with van der Waals surface area (Å²) in [6.45, 7) is 22.2. The highest BCUT2D eigenvalue weighted by Crippen LogP contribution is 2.41. The van der Waals surface area contributed by atoms with Crippen LogP contribution in [-0.4, -0.2) is 34.5 Å². The number of hydrogen-bond acceptors (Lipinski definition) is 5. The van der Waals surface area contributed by atoms with Gasteiger partial charge >= 0.3 is 5.97 Å². The van der Waals surface area contributed by atoms with E-state index in [-0.39, 0.29) is 10.8 Å². The normalized spacial score (nSPS) is 13.4. The Morgan fingerprint density at radius 1 is 0.851 bits per heavy atom. The number of ether oxygens (including phenoxy) is 2. The Bertz CT molecular complexity index is 1740. The lowest BCUT2D eigenvalue weighted by molar-refractivity contribution is -0.163. The number of aryl methyl sites for hydroxylation is 3. The van der Waals surface area contributed by atoms with Crippen molar-refractivity contribution >= 4 is 52.6 Å². The number of nitrogens with zero attached hydrogens (tertiary/aromatic N) is 1. The number of sulfonamides is 1. The van der Waals surface area contributed by atoms with E-state index < -0.39 is 35.8 Å². The predicted molar refractivity (Wildman–Crippen MR) is 203 cm³/mol. The summed E-state index contributed by atoms with van der Waals surface area (Å²) in [6, 6.07) is 20.2. The predicted octanol–water partition coefficient (Wildman–Crippen LogP) is 9.44. The summed E-state index contributed by atoms with van der Waals surface area (Å²) in [5, 5.41) is 0. The molecule has 3 rings (SSSR count). The van der Waals surface area contributed by atoms with Gasteiger partial charge in [0, 0.05) is 3.57 Å². The molecule has 0 heterocycles. The van der Waals surface area contributed by atoms with Crippen LogP contribution < -0.4 is 0 Å². The largest absolute Gasteiger partial charge is 0.451 e. The second-order valence-corrected chi connectivity index (χ2v) is 21.8. The number of carbonyl (C=O) groups is 1. The quantitative estimate of drug-likeness (QED) is 0.0511. The third-order valence-electron chi connectivity index (χ3n) is 8.72. The minimum absolute atomic E-state index is 0.108. The summed E-state index contributed by atoms with van der Waals surface area (Å²) in [4.78, 5) is 14.3. The van der Waals surface area contributed by atoms with Crippen molar-refractivity contribution in [3.05, 3.63) is 98.1 Å². The molecule has 0 aromatic heterocycles. The van der Waals surface area contributed by atoms with E-state index >= 15 is 0 Å². The molecule has 3 aromatic rings. The molecule has 0 saturated carbocycles. The monoisotopic (exact) mass is 785 g/mol. The minimum Gasteiger partial charge on any atom is -0.451 e. The number of rotatable bonds is 10. The molecule has 0 spiro atoms. The maximum Gasteiger partial charge on any atom is 0.361 e. The Kier molecular flexibility index (Phi) is 12.7. The molecule has 0 aliphatic rings. The summed E-state index contributed by atoms with van der Waals surface area (Å²) in [6.07, 6.45) is -1.44. The average molecular weight is 786 g/mol. The van der Waals surface area contributed by atoms with Gasteiger partial charge in [-0.25, -0.2) is 4.79 Å². The van der Waals surface area contributed by atoms with Gasteiger partial charge in [0.2, 0.25) is 5.90 Å². The van der Waals surface area contributed by atoms with Crippen LogP contribution in [0, 0.1) is 35.8 Å². The van der Waals surface area contributed by atoms with E-state index in [1.54, 1.807) is 26.0 Å². The fraction of sp³-hybridized carbons (Fsp3) is 0.421. The van der Waals surface area contributed by atoms with Crippen LogP contribution in [0.3, 0.4) is 0 Å². The standard InChI is InChI=1S/C38H48INO5SSi/c1-25(2)47(26(3)4,27(5)6)22-21-34(37(41)45-38(10,11)31-17-13-12-14-18-31)44-36(32-19-15-16-20-33(32)39)40-46(42,43)35-29(8)23-28(7)24-30(35)9/h12-20,23-27,34H,1-11H3/t34-/m0/s1. The molecule has 252 valence electrons. The lowest BCUT2D eigenvalue weighted by Gasteiger charge is -2.38. The zero-order chi connectivity index (χ0) is 35.3. The lowest BCUT2D eigenvalue weighted by Crippen LogP contribution is -2.44. The highest BCUT2D eigenvalue weighted by molar-refractivity contribution is 14.1. The van der Waals surface area contributed by atoms with Crippen molar-refractivity contribution in [2.75, 3.05) is 0 Å². The van der Waals surface area contributed by atoms with Crippen LogP contribution in [0.15, 0.2) is 76.0 Å². The smallest absolute Gasteiger partial charge is 0.361 e.